The van der Waals surface area contributed by atoms with Crippen LogP contribution >= 0.6 is 23.7 Å². The average Bonchev–Trinajstić information content (AvgIpc) is 2.95. The second-order valence-corrected chi connectivity index (χ2v) is 6.72. The summed E-state index contributed by atoms with van der Waals surface area (Å²) in [5.74, 6) is 0.332. The minimum Gasteiger partial charge on any atom is -0.351 e. The molecule has 124 valence electrons. The third-order valence-corrected chi connectivity index (χ3v) is 5.25. The van der Waals surface area contributed by atoms with E-state index in [0.29, 0.717) is 6.54 Å². The molecule has 2 heterocycles. The lowest BCUT2D eigenvalue weighted by Gasteiger charge is -2.21. The molecule has 1 aliphatic rings. The molecule has 2 N–H and O–H groups in total. The number of carbonyl (C=O) groups excluding carboxylic acids is 1. The highest BCUT2D eigenvalue weighted by Crippen LogP contribution is 2.27. The molecule has 4 nitrogen and oxygen atoms in total. The quantitative estimate of drug-likeness (QED) is 0.889. The summed E-state index contributed by atoms with van der Waals surface area (Å²) in [4.78, 5) is 18.0. The fourth-order valence-corrected chi connectivity index (χ4v) is 3.70. The van der Waals surface area contributed by atoms with Gasteiger partial charge in [-0.1, -0.05) is 30.3 Å². The van der Waals surface area contributed by atoms with Gasteiger partial charge >= 0.3 is 0 Å². The Morgan fingerprint density at radius 1 is 1.30 bits per heavy atom. The predicted octanol–water partition coefficient (Wildman–Crippen LogP) is 3.16. The Labute approximate surface area is 147 Å². The fourth-order valence-electron chi connectivity index (χ4n) is 2.69. The minimum atomic E-state index is 0. The van der Waals surface area contributed by atoms with Crippen LogP contribution in [0.2, 0.25) is 0 Å². The predicted molar refractivity (Wildman–Crippen MR) is 97.0 cm³/mol. The van der Waals surface area contributed by atoms with E-state index >= 15 is 0 Å². The summed E-state index contributed by atoms with van der Waals surface area (Å²) in [6.45, 7) is 4.47. The highest BCUT2D eigenvalue weighted by Gasteiger charge is 2.21. The van der Waals surface area contributed by atoms with Gasteiger partial charge < -0.3 is 10.6 Å². The van der Waals surface area contributed by atoms with Crippen molar-refractivity contribution in [2.45, 2.75) is 26.3 Å². The first-order chi connectivity index (χ1) is 10.7. The number of piperidine rings is 1. The lowest BCUT2D eigenvalue weighted by molar-refractivity contribution is -0.125. The summed E-state index contributed by atoms with van der Waals surface area (Å²) in [6, 6.07) is 10.2. The molecule has 1 aromatic heterocycles. The van der Waals surface area contributed by atoms with Gasteiger partial charge in [-0.2, -0.15) is 0 Å². The van der Waals surface area contributed by atoms with Gasteiger partial charge in [-0.25, -0.2) is 4.98 Å². The number of rotatable bonds is 4. The molecule has 23 heavy (non-hydrogen) atoms. The largest absolute Gasteiger partial charge is 0.351 e. The maximum atomic E-state index is 12.2. The second kappa shape index (κ2) is 8.43. The number of benzene rings is 1. The van der Waals surface area contributed by atoms with Crippen molar-refractivity contribution >= 4 is 29.7 Å². The van der Waals surface area contributed by atoms with Crippen molar-refractivity contribution in [3.8, 4) is 10.6 Å². The average molecular weight is 352 g/mol. The number of thiazole rings is 1. The first kappa shape index (κ1) is 17.9. The van der Waals surface area contributed by atoms with Crippen LogP contribution < -0.4 is 10.6 Å². The minimum absolute atomic E-state index is 0. The topological polar surface area (TPSA) is 54.0 Å². The first-order valence-electron chi connectivity index (χ1n) is 7.74. The molecule has 0 aliphatic carbocycles. The van der Waals surface area contributed by atoms with Crippen molar-refractivity contribution in [2.75, 3.05) is 13.1 Å². The van der Waals surface area contributed by atoms with E-state index < -0.39 is 0 Å². The van der Waals surface area contributed by atoms with Crippen LogP contribution in [0, 0.1) is 12.8 Å². The Bertz CT molecular complexity index is 639. The van der Waals surface area contributed by atoms with Crippen molar-refractivity contribution in [2.24, 2.45) is 5.92 Å². The maximum Gasteiger partial charge on any atom is 0.223 e. The van der Waals surface area contributed by atoms with Gasteiger partial charge in [0.1, 0.15) is 5.01 Å². The number of hydrogen-bond donors (Lipinski definition) is 2. The molecule has 0 saturated carbocycles. The number of aryl methyl sites for hydroxylation is 1. The number of amides is 1. The zero-order valence-corrected chi connectivity index (χ0v) is 14.8. The van der Waals surface area contributed by atoms with Crippen LogP contribution in [0.1, 0.15) is 23.4 Å². The smallest absolute Gasteiger partial charge is 0.223 e. The van der Waals surface area contributed by atoms with Gasteiger partial charge in [0.05, 0.1) is 12.2 Å². The van der Waals surface area contributed by atoms with Gasteiger partial charge in [-0.05, 0) is 32.9 Å². The summed E-state index contributed by atoms with van der Waals surface area (Å²) in [5, 5.41) is 7.38. The summed E-state index contributed by atoms with van der Waals surface area (Å²) in [5.41, 5.74) is 2.14. The standard InChI is InChI=1S/C17H21N3OS.ClH/c1-12-15(11-19-16(21)13-7-9-18-10-8-13)22-17(20-12)14-5-3-2-4-6-14;/h2-6,13,18H,7-11H2,1H3,(H,19,21);1H. The molecule has 6 heteroatoms. The zero-order chi connectivity index (χ0) is 15.4. The third kappa shape index (κ3) is 4.53. The maximum absolute atomic E-state index is 12.2. The molecule has 1 fully saturated rings. The molecule has 1 saturated heterocycles. The van der Waals surface area contributed by atoms with Crippen LogP contribution in [0.25, 0.3) is 10.6 Å². The van der Waals surface area contributed by atoms with Crippen LogP contribution in [-0.2, 0) is 11.3 Å². The van der Waals surface area contributed by atoms with Gasteiger partial charge in [0.2, 0.25) is 5.91 Å². The van der Waals surface area contributed by atoms with E-state index in [2.05, 4.69) is 27.8 Å². The van der Waals surface area contributed by atoms with E-state index in [4.69, 9.17) is 0 Å². The van der Waals surface area contributed by atoms with Crippen LogP contribution in [0.5, 0.6) is 0 Å². The van der Waals surface area contributed by atoms with Crippen molar-refractivity contribution < 1.29 is 4.79 Å². The zero-order valence-electron chi connectivity index (χ0n) is 13.2. The van der Waals surface area contributed by atoms with Gasteiger partial charge in [0.25, 0.3) is 0 Å². The molecular weight excluding hydrogens is 330 g/mol. The van der Waals surface area contributed by atoms with Gasteiger partial charge in [-0.3, -0.25) is 4.79 Å². The second-order valence-electron chi connectivity index (χ2n) is 5.64. The molecule has 3 rings (SSSR count). The van der Waals surface area contributed by atoms with E-state index in [0.717, 1.165) is 47.1 Å². The molecule has 0 atom stereocenters. The van der Waals surface area contributed by atoms with Gasteiger partial charge in [0.15, 0.2) is 0 Å². The molecule has 0 bridgehead atoms. The lowest BCUT2D eigenvalue weighted by Crippen LogP contribution is -2.37. The van der Waals surface area contributed by atoms with Crippen molar-refractivity contribution in [3.63, 3.8) is 0 Å². The molecule has 2 aromatic rings. The van der Waals surface area contributed by atoms with E-state index in [1.807, 2.05) is 25.1 Å². The number of nitrogens with zero attached hydrogens (tertiary/aromatic N) is 1. The van der Waals surface area contributed by atoms with E-state index in [-0.39, 0.29) is 24.2 Å². The lowest BCUT2D eigenvalue weighted by atomic mass is 9.97. The first-order valence-corrected chi connectivity index (χ1v) is 8.56. The molecule has 1 aromatic carbocycles. The number of carbonyl (C=O) groups is 1. The van der Waals surface area contributed by atoms with Crippen molar-refractivity contribution in [3.05, 3.63) is 40.9 Å². The van der Waals surface area contributed by atoms with Crippen LogP contribution in [0.3, 0.4) is 0 Å². The molecular formula is C17H22ClN3OS. The Balaban J connectivity index is 0.00000192. The van der Waals surface area contributed by atoms with Gasteiger partial charge in [-0.15, -0.1) is 23.7 Å². The summed E-state index contributed by atoms with van der Waals surface area (Å²) < 4.78 is 0. The van der Waals surface area contributed by atoms with E-state index in [9.17, 15) is 4.79 Å². The molecule has 1 aliphatic heterocycles. The highest BCUT2D eigenvalue weighted by atomic mass is 35.5. The van der Waals surface area contributed by atoms with E-state index in [1.54, 1.807) is 11.3 Å². The Kier molecular flexibility index (Phi) is 6.57. The van der Waals surface area contributed by atoms with E-state index in [1.165, 1.54) is 0 Å². The number of hydrogen-bond acceptors (Lipinski definition) is 4. The number of aromatic nitrogens is 1. The Morgan fingerprint density at radius 3 is 2.70 bits per heavy atom. The number of nitrogens with one attached hydrogen (secondary N) is 2. The normalized spacial score (nSPS) is 15.0. The SMILES string of the molecule is Cc1nc(-c2ccccc2)sc1CNC(=O)C1CCNCC1.Cl. The molecule has 0 radical (unpaired) electrons. The van der Waals surface area contributed by atoms with Gasteiger partial charge in [0, 0.05) is 16.4 Å². The molecule has 0 unspecified atom stereocenters. The van der Waals surface area contributed by atoms with Crippen LogP contribution in [0.4, 0.5) is 0 Å². The third-order valence-electron chi connectivity index (χ3n) is 4.05. The molecule has 0 spiro atoms. The Hall–Kier alpha value is -1.43. The number of halogens is 1. The monoisotopic (exact) mass is 351 g/mol. The van der Waals surface area contributed by atoms with Crippen molar-refractivity contribution in [1.29, 1.82) is 0 Å². The van der Waals surface area contributed by atoms with Crippen LogP contribution in [-0.4, -0.2) is 24.0 Å². The Morgan fingerprint density at radius 2 is 2.00 bits per heavy atom. The summed E-state index contributed by atoms with van der Waals surface area (Å²) in [6.07, 6.45) is 1.87. The fraction of sp³-hybridized carbons (Fsp3) is 0.412. The summed E-state index contributed by atoms with van der Waals surface area (Å²) in [7, 11) is 0. The van der Waals surface area contributed by atoms with Crippen molar-refractivity contribution in [1.82, 2.24) is 15.6 Å². The molecule has 1 amide bonds. The van der Waals surface area contributed by atoms with Crippen LogP contribution in [0.15, 0.2) is 30.3 Å². The highest BCUT2D eigenvalue weighted by molar-refractivity contribution is 7.15. The summed E-state index contributed by atoms with van der Waals surface area (Å²) >= 11 is 1.66.